The van der Waals surface area contributed by atoms with Gasteiger partial charge in [-0.15, -0.1) is 0 Å². The van der Waals surface area contributed by atoms with Crippen molar-refractivity contribution in [3.8, 4) is 0 Å². The van der Waals surface area contributed by atoms with Crippen molar-refractivity contribution in [1.82, 2.24) is 0 Å². The Labute approximate surface area is 258 Å². The van der Waals surface area contributed by atoms with Crippen molar-refractivity contribution in [3.05, 3.63) is 153 Å². The van der Waals surface area contributed by atoms with Crippen LogP contribution in [-0.2, 0) is 17.4 Å². The average molecular weight is 599 g/mol. The maximum atomic E-state index is 2.45. The van der Waals surface area contributed by atoms with Crippen molar-refractivity contribution in [3.63, 3.8) is 0 Å². The van der Waals surface area contributed by atoms with Crippen LogP contribution in [-0.4, -0.2) is 3.81 Å². The summed E-state index contributed by atoms with van der Waals surface area (Å²) < 4.78 is 2.56. The fourth-order valence-electron chi connectivity index (χ4n) is 6.78. The molecule has 0 bridgehead atoms. The van der Waals surface area contributed by atoms with E-state index in [4.69, 9.17) is 0 Å². The van der Waals surface area contributed by atoms with Crippen molar-refractivity contribution in [2.45, 2.75) is 50.0 Å². The van der Waals surface area contributed by atoms with Gasteiger partial charge in [0, 0.05) is 0 Å². The maximum absolute atomic E-state index is 2.45. The summed E-state index contributed by atoms with van der Waals surface area (Å²) in [5.74, 6) is 0. The third kappa shape index (κ3) is 5.05. The molecule has 2 aliphatic carbocycles. The summed E-state index contributed by atoms with van der Waals surface area (Å²) in [5.41, 5.74) is 17.7. The maximum Gasteiger partial charge on any atom is -1.00 e. The molecule has 6 rings (SSSR count). The van der Waals surface area contributed by atoms with E-state index in [1.807, 2.05) is 0 Å². The Bertz CT molecular complexity index is 1540. The third-order valence-electron chi connectivity index (χ3n) is 8.93. The summed E-state index contributed by atoms with van der Waals surface area (Å²) in [7, 11) is 0. The number of rotatable bonds is 4. The fourth-order valence-corrected chi connectivity index (χ4v) is 13.7. The summed E-state index contributed by atoms with van der Waals surface area (Å²) in [6.45, 7) is 14.0. The van der Waals surface area contributed by atoms with Gasteiger partial charge >= 0.3 is 235 Å². The molecule has 40 heavy (non-hydrogen) atoms. The van der Waals surface area contributed by atoms with Gasteiger partial charge in [0.1, 0.15) is 0 Å². The van der Waals surface area contributed by atoms with E-state index in [0.717, 1.165) is 0 Å². The van der Waals surface area contributed by atoms with Gasteiger partial charge in [-0.2, -0.15) is 0 Å². The predicted octanol–water partition coefficient (Wildman–Crippen LogP) is 3.60. The fraction of sp³-hybridized carbons (Fsp3) is 0.216. The minimum absolute atomic E-state index is 0. The molecule has 3 heteroatoms. The largest absolute Gasteiger partial charge is 1.00 e. The summed E-state index contributed by atoms with van der Waals surface area (Å²) in [6.07, 6.45) is 0. The van der Waals surface area contributed by atoms with Gasteiger partial charge in [-0.25, -0.2) is 0 Å². The Kier molecular flexibility index (Phi) is 9.28. The molecule has 0 radical (unpaired) electrons. The third-order valence-corrected chi connectivity index (χ3v) is 15.0. The van der Waals surface area contributed by atoms with Crippen LogP contribution < -0.4 is 24.8 Å². The Hall–Kier alpha value is -2.48. The summed E-state index contributed by atoms with van der Waals surface area (Å²) in [5, 5.41) is 0. The zero-order chi connectivity index (χ0) is 26.6. The molecule has 2 aliphatic rings. The normalized spacial score (nSPS) is 16.9. The smallest absolute Gasteiger partial charge is 1.00 e. The molecule has 0 fully saturated rings. The molecule has 2 atom stereocenters. The van der Waals surface area contributed by atoms with Gasteiger partial charge in [-0.05, 0) is 0 Å². The molecule has 0 amide bonds. The van der Waals surface area contributed by atoms with E-state index in [-0.39, 0.29) is 24.8 Å². The van der Waals surface area contributed by atoms with Gasteiger partial charge in [-0.1, -0.05) is 0 Å². The second-order valence-electron chi connectivity index (χ2n) is 11.2. The number of fused-ring (bicyclic) bond motifs is 2. The molecule has 0 spiro atoms. The Morgan fingerprint density at radius 2 is 0.875 bits per heavy atom. The molecular weight excluding hydrogens is 563 g/mol. The summed E-state index contributed by atoms with van der Waals surface area (Å²) >= 11 is -2.22. The number of benzene rings is 4. The molecule has 0 nitrogen and oxygen atoms in total. The van der Waals surface area contributed by atoms with Crippen LogP contribution in [0.4, 0.5) is 0 Å². The number of hydrogen-bond donors (Lipinski definition) is 0. The van der Waals surface area contributed by atoms with Crippen LogP contribution in [0.2, 0.25) is 0 Å². The second kappa shape index (κ2) is 12.2. The van der Waals surface area contributed by atoms with Crippen molar-refractivity contribution < 1.29 is 42.2 Å². The van der Waals surface area contributed by atoms with Crippen LogP contribution in [0.5, 0.6) is 0 Å². The molecule has 0 saturated carbocycles. The minimum Gasteiger partial charge on any atom is -1.00 e. The van der Waals surface area contributed by atoms with Gasteiger partial charge in [0.15, 0.2) is 0 Å². The molecule has 0 N–H and O–H groups in total. The standard InChI is InChI=1S/C13H10.2C12H13.2ClH.Ti/c1-3-7-12(8-4-1)11-13-9-5-2-6-10-13;2*1-8-4-5-11-7-9(2)10(3)12(11)6-8;;;/h1-10H;2*4-7H,1-3H3;2*1H;/q;;;;;+2/p-2. The van der Waals surface area contributed by atoms with Crippen LogP contribution in [0, 0.1) is 13.8 Å². The van der Waals surface area contributed by atoms with E-state index in [0.29, 0.717) is 8.45 Å². The number of allylic oxidation sites excluding steroid dienone is 4. The van der Waals surface area contributed by atoms with Crippen molar-refractivity contribution in [2.75, 3.05) is 0 Å². The van der Waals surface area contributed by atoms with E-state index in [1.54, 1.807) is 26.1 Å². The van der Waals surface area contributed by atoms with Crippen LogP contribution in [0.1, 0.15) is 80.6 Å². The van der Waals surface area contributed by atoms with Crippen molar-refractivity contribution in [1.29, 1.82) is 0 Å². The molecule has 0 heterocycles. The molecule has 0 saturated heterocycles. The molecule has 2 unspecified atom stereocenters. The van der Waals surface area contributed by atoms with Crippen LogP contribution in [0.15, 0.2) is 108 Å². The average Bonchev–Trinajstić information content (AvgIpc) is 3.32. The van der Waals surface area contributed by atoms with Gasteiger partial charge in [-0.3, -0.25) is 0 Å². The van der Waals surface area contributed by atoms with Gasteiger partial charge in [0.25, 0.3) is 0 Å². The number of aryl methyl sites for hydroxylation is 2. The molecule has 4 aromatic rings. The second-order valence-corrected chi connectivity index (χ2v) is 15.2. The van der Waals surface area contributed by atoms with Crippen LogP contribution in [0.25, 0.3) is 11.1 Å². The van der Waals surface area contributed by atoms with Crippen molar-refractivity contribution in [2.24, 2.45) is 0 Å². The predicted molar refractivity (Wildman–Crippen MR) is 160 cm³/mol. The summed E-state index contributed by atoms with van der Waals surface area (Å²) in [4.78, 5) is 0. The first-order chi connectivity index (χ1) is 18.4. The first-order valence-corrected chi connectivity index (χ1v) is 16.4. The first kappa shape index (κ1) is 30.5. The van der Waals surface area contributed by atoms with E-state index in [2.05, 4.69) is 139 Å². The quantitative estimate of drug-likeness (QED) is 0.315. The van der Waals surface area contributed by atoms with Crippen LogP contribution >= 0.6 is 0 Å². The molecular formula is C37H36Cl2Ti. The van der Waals surface area contributed by atoms with Crippen molar-refractivity contribution >= 4 is 15.0 Å². The van der Waals surface area contributed by atoms with Crippen LogP contribution in [0.3, 0.4) is 0 Å². The minimum atomic E-state index is -2.22. The molecule has 0 aliphatic heterocycles. The number of halogens is 2. The Morgan fingerprint density at radius 3 is 1.25 bits per heavy atom. The topological polar surface area (TPSA) is 0 Å². The van der Waals surface area contributed by atoms with E-state index < -0.39 is 17.4 Å². The van der Waals surface area contributed by atoms with Gasteiger partial charge in [0.05, 0.1) is 0 Å². The van der Waals surface area contributed by atoms with Gasteiger partial charge in [0.2, 0.25) is 0 Å². The number of hydrogen-bond acceptors (Lipinski definition) is 0. The molecule has 0 aromatic heterocycles. The molecule has 4 aromatic carbocycles. The zero-order valence-electron chi connectivity index (χ0n) is 24.1. The zero-order valence-corrected chi connectivity index (χ0v) is 27.2. The Morgan fingerprint density at radius 1 is 0.500 bits per heavy atom. The Balaban J connectivity index is 0.00000185. The van der Waals surface area contributed by atoms with E-state index in [1.165, 1.54) is 44.5 Å². The van der Waals surface area contributed by atoms with E-state index >= 15 is 0 Å². The monoisotopic (exact) mass is 598 g/mol. The van der Waals surface area contributed by atoms with E-state index in [9.17, 15) is 0 Å². The summed E-state index contributed by atoms with van der Waals surface area (Å²) in [6, 6.07) is 37.0. The SMILES string of the molecule is CC1=C(C)[CH]([Ti+2](=[C](c2ccccc2)c2ccccc2)[CH]2C(C)=C(C)c3cc(C)ccc32)c2ccc(C)cc21.[Cl-].[Cl-]. The molecule has 202 valence electrons. The van der Waals surface area contributed by atoms with Gasteiger partial charge < -0.3 is 24.8 Å². The first-order valence-electron chi connectivity index (χ1n) is 13.8.